The summed E-state index contributed by atoms with van der Waals surface area (Å²) in [5.41, 5.74) is 1.79. The van der Waals surface area contributed by atoms with Crippen molar-refractivity contribution in [3.63, 3.8) is 0 Å². The summed E-state index contributed by atoms with van der Waals surface area (Å²) in [5, 5.41) is 4.82. The van der Waals surface area contributed by atoms with E-state index in [2.05, 4.69) is 26.2 Å². The van der Waals surface area contributed by atoms with Crippen molar-refractivity contribution in [3.05, 3.63) is 63.9 Å². The fraction of sp³-hybridized carbons (Fsp3) is 0.227. The topological polar surface area (TPSA) is 106 Å². The van der Waals surface area contributed by atoms with Crippen LogP contribution in [0.15, 0.2) is 63.3 Å². The number of aromatic nitrogens is 1. The lowest BCUT2D eigenvalue weighted by atomic mass is 10.2. The number of halogens is 1. The average molecular weight is 550 g/mol. The van der Waals surface area contributed by atoms with E-state index in [4.69, 9.17) is 4.74 Å². The van der Waals surface area contributed by atoms with Gasteiger partial charge in [0.15, 0.2) is 11.7 Å². The number of sulfonamides is 1. The molecule has 1 amide bonds. The van der Waals surface area contributed by atoms with Gasteiger partial charge in [-0.3, -0.25) is 10.1 Å². The molecule has 172 valence electrons. The first kappa shape index (κ1) is 23.6. The molecule has 3 aromatic rings. The molecule has 4 rings (SSSR count). The molecule has 33 heavy (non-hydrogen) atoms. The Morgan fingerprint density at radius 2 is 1.85 bits per heavy atom. The van der Waals surface area contributed by atoms with Gasteiger partial charge < -0.3 is 4.74 Å². The van der Waals surface area contributed by atoms with Crippen molar-refractivity contribution in [2.45, 2.75) is 17.7 Å². The third-order valence-electron chi connectivity index (χ3n) is 5.00. The van der Waals surface area contributed by atoms with Gasteiger partial charge in [0.05, 0.1) is 16.2 Å². The lowest BCUT2D eigenvalue weighted by molar-refractivity contribution is -0.119. The van der Waals surface area contributed by atoms with E-state index in [1.54, 1.807) is 0 Å². The van der Waals surface area contributed by atoms with Crippen molar-refractivity contribution in [2.24, 2.45) is 0 Å². The van der Waals surface area contributed by atoms with Crippen LogP contribution in [0.1, 0.15) is 23.2 Å². The van der Waals surface area contributed by atoms with Gasteiger partial charge in [-0.25, -0.2) is 18.2 Å². The van der Waals surface area contributed by atoms with E-state index in [1.165, 1.54) is 39.9 Å². The van der Waals surface area contributed by atoms with Gasteiger partial charge in [-0.1, -0.05) is 28.1 Å². The molecule has 0 bridgehead atoms. The second kappa shape index (κ2) is 10.1. The van der Waals surface area contributed by atoms with Crippen molar-refractivity contribution in [3.8, 4) is 11.3 Å². The molecule has 1 aliphatic rings. The Kier molecular flexibility index (Phi) is 7.23. The third kappa shape index (κ3) is 5.67. The van der Waals surface area contributed by atoms with Crippen molar-refractivity contribution in [1.29, 1.82) is 0 Å². The number of ether oxygens (including phenoxy) is 1. The summed E-state index contributed by atoms with van der Waals surface area (Å²) in [7, 11) is -3.55. The summed E-state index contributed by atoms with van der Waals surface area (Å²) in [6, 6.07) is 13.2. The minimum absolute atomic E-state index is 0.128. The van der Waals surface area contributed by atoms with Gasteiger partial charge in [0.2, 0.25) is 10.0 Å². The molecule has 1 saturated heterocycles. The number of amides is 1. The van der Waals surface area contributed by atoms with Crippen molar-refractivity contribution in [2.75, 3.05) is 25.0 Å². The quantitative estimate of drug-likeness (QED) is 0.443. The summed E-state index contributed by atoms with van der Waals surface area (Å²) in [6.45, 7) is 0.522. The van der Waals surface area contributed by atoms with Gasteiger partial charge >= 0.3 is 5.97 Å². The molecule has 2 aromatic carbocycles. The van der Waals surface area contributed by atoms with E-state index in [-0.39, 0.29) is 10.5 Å². The molecule has 0 aliphatic carbocycles. The fourth-order valence-corrected chi connectivity index (χ4v) is 5.97. The molecule has 1 fully saturated rings. The number of nitrogens with zero attached hydrogens (tertiary/aromatic N) is 2. The Bertz CT molecular complexity index is 1270. The number of hydrogen-bond donors (Lipinski definition) is 1. The Balaban J connectivity index is 1.31. The minimum atomic E-state index is -3.55. The van der Waals surface area contributed by atoms with E-state index in [9.17, 15) is 18.0 Å². The molecule has 0 atom stereocenters. The van der Waals surface area contributed by atoms with E-state index in [1.807, 2.05) is 29.6 Å². The first-order chi connectivity index (χ1) is 15.8. The zero-order valence-electron chi connectivity index (χ0n) is 17.4. The third-order valence-corrected chi connectivity index (χ3v) is 8.16. The molecule has 1 aliphatic heterocycles. The molecular formula is C22H20BrN3O5S2. The second-order valence-corrected chi connectivity index (χ2v) is 11.0. The largest absolute Gasteiger partial charge is 0.452 e. The van der Waals surface area contributed by atoms with E-state index in [0.717, 1.165) is 28.6 Å². The molecule has 1 aromatic heterocycles. The van der Waals surface area contributed by atoms with Crippen molar-refractivity contribution < 1.29 is 22.7 Å². The van der Waals surface area contributed by atoms with Gasteiger partial charge in [-0.05, 0) is 49.2 Å². The van der Waals surface area contributed by atoms with Crippen LogP contribution in [-0.4, -0.2) is 49.3 Å². The minimum Gasteiger partial charge on any atom is -0.452 e. The lowest BCUT2D eigenvalue weighted by Crippen LogP contribution is -2.27. The molecule has 0 spiro atoms. The summed E-state index contributed by atoms with van der Waals surface area (Å²) in [6.07, 6.45) is 1.69. The highest BCUT2D eigenvalue weighted by Crippen LogP contribution is 2.27. The van der Waals surface area contributed by atoms with E-state index >= 15 is 0 Å². The Labute approximate surface area is 203 Å². The van der Waals surface area contributed by atoms with Crippen LogP contribution in [0.4, 0.5) is 5.13 Å². The van der Waals surface area contributed by atoms with Crippen molar-refractivity contribution in [1.82, 2.24) is 9.29 Å². The predicted octanol–water partition coefficient (Wildman–Crippen LogP) is 4.15. The summed E-state index contributed by atoms with van der Waals surface area (Å²) in [4.78, 5) is 28.9. The second-order valence-electron chi connectivity index (χ2n) is 7.31. The SMILES string of the molecule is O=C(COC(=O)c1ccc(S(=O)(=O)N2CCCC2)cc1)Nc1nc(-c2cccc(Br)c2)cs1. The number of rotatable bonds is 7. The first-order valence-electron chi connectivity index (χ1n) is 10.1. The smallest absolute Gasteiger partial charge is 0.338 e. The number of benzene rings is 2. The molecule has 8 nitrogen and oxygen atoms in total. The van der Waals surface area contributed by atoms with Crippen LogP contribution < -0.4 is 5.32 Å². The fourth-order valence-electron chi connectivity index (χ4n) is 3.32. The highest BCUT2D eigenvalue weighted by molar-refractivity contribution is 9.10. The van der Waals surface area contributed by atoms with Crippen LogP contribution in [0.3, 0.4) is 0 Å². The highest BCUT2D eigenvalue weighted by Gasteiger charge is 2.27. The molecule has 0 saturated carbocycles. The number of carbonyl (C=O) groups excluding carboxylic acids is 2. The number of hydrogen-bond acceptors (Lipinski definition) is 7. The Hall–Kier alpha value is -2.60. The van der Waals surface area contributed by atoms with E-state index < -0.39 is 28.5 Å². The Morgan fingerprint density at radius 3 is 2.55 bits per heavy atom. The predicted molar refractivity (Wildman–Crippen MR) is 129 cm³/mol. The van der Waals surface area contributed by atoms with Crippen LogP contribution in [0.25, 0.3) is 11.3 Å². The molecule has 1 N–H and O–H groups in total. The number of nitrogens with one attached hydrogen (secondary N) is 1. The maximum atomic E-state index is 12.6. The average Bonchev–Trinajstić information content (AvgIpc) is 3.50. The van der Waals surface area contributed by atoms with Crippen LogP contribution in [0.5, 0.6) is 0 Å². The van der Waals surface area contributed by atoms with Crippen LogP contribution in [0.2, 0.25) is 0 Å². The van der Waals surface area contributed by atoms with Crippen LogP contribution in [0, 0.1) is 0 Å². The number of carbonyl (C=O) groups is 2. The van der Waals surface area contributed by atoms with Gasteiger partial charge in [0.25, 0.3) is 5.91 Å². The van der Waals surface area contributed by atoms with Gasteiger partial charge in [-0.2, -0.15) is 4.31 Å². The van der Waals surface area contributed by atoms with E-state index in [0.29, 0.717) is 18.2 Å². The molecule has 2 heterocycles. The summed E-state index contributed by atoms with van der Waals surface area (Å²) >= 11 is 4.68. The molecule has 0 unspecified atom stereocenters. The Morgan fingerprint density at radius 1 is 1.12 bits per heavy atom. The monoisotopic (exact) mass is 549 g/mol. The van der Waals surface area contributed by atoms with Crippen LogP contribution in [-0.2, 0) is 19.6 Å². The standard InChI is InChI=1S/C22H20BrN3O5S2/c23-17-5-3-4-16(12-17)19-14-32-22(24-19)25-20(27)13-31-21(28)15-6-8-18(9-7-15)33(29,30)26-10-1-2-11-26/h3-9,12,14H,1-2,10-11,13H2,(H,24,25,27). The molecule has 11 heteroatoms. The number of esters is 1. The maximum Gasteiger partial charge on any atom is 0.338 e. The van der Waals surface area contributed by atoms with Crippen LogP contribution >= 0.6 is 27.3 Å². The molecule has 0 radical (unpaired) electrons. The first-order valence-corrected chi connectivity index (χ1v) is 13.2. The summed E-state index contributed by atoms with van der Waals surface area (Å²) < 4.78 is 32.5. The zero-order chi connectivity index (χ0) is 23.4. The van der Waals surface area contributed by atoms with Crippen molar-refractivity contribution >= 4 is 54.3 Å². The van der Waals surface area contributed by atoms with Gasteiger partial charge in [0, 0.05) is 28.5 Å². The lowest BCUT2D eigenvalue weighted by Gasteiger charge is -2.15. The highest BCUT2D eigenvalue weighted by atomic mass is 79.9. The number of anilines is 1. The normalized spacial score (nSPS) is 14.2. The maximum absolute atomic E-state index is 12.6. The van der Waals surface area contributed by atoms with Gasteiger partial charge in [0.1, 0.15) is 0 Å². The zero-order valence-corrected chi connectivity index (χ0v) is 20.6. The number of thiazole rings is 1. The molecular weight excluding hydrogens is 530 g/mol. The summed E-state index contributed by atoms with van der Waals surface area (Å²) in [5.74, 6) is -1.24. The van der Waals surface area contributed by atoms with Gasteiger partial charge in [-0.15, -0.1) is 11.3 Å².